The predicted octanol–water partition coefficient (Wildman–Crippen LogP) is 2.77. The minimum absolute atomic E-state index is 0.242. The van der Waals surface area contributed by atoms with Crippen LogP contribution in [0.1, 0.15) is 45.4 Å². The standard InChI is InChI=1S/C11H26NO3P/c1-3-4-5-6-7-9-12-10-8-11-16(13,14)15-2/h12H,3-11H2,1-2H3,(H,13,14). The second kappa shape index (κ2) is 10.3. The molecule has 0 aromatic carbocycles. The molecule has 16 heavy (non-hydrogen) atoms. The molecule has 0 bridgehead atoms. The average molecular weight is 251 g/mol. The van der Waals surface area contributed by atoms with Gasteiger partial charge in [-0.15, -0.1) is 0 Å². The molecule has 0 rings (SSSR count). The van der Waals surface area contributed by atoms with E-state index in [1.807, 2.05) is 0 Å². The van der Waals surface area contributed by atoms with Gasteiger partial charge in [-0.2, -0.15) is 0 Å². The third-order valence-electron chi connectivity index (χ3n) is 2.54. The van der Waals surface area contributed by atoms with E-state index in [2.05, 4.69) is 16.8 Å². The van der Waals surface area contributed by atoms with Gasteiger partial charge in [0.25, 0.3) is 0 Å². The van der Waals surface area contributed by atoms with Gasteiger partial charge >= 0.3 is 7.60 Å². The second-order valence-electron chi connectivity index (χ2n) is 4.06. The van der Waals surface area contributed by atoms with Crippen LogP contribution >= 0.6 is 7.60 Å². The largest absolute Gasteiger partial charge is 0.327 e. The average Bonchev–Trinajstić information content (AvgIpc) is 2.27. The highest BCUT2D eigenvalue weighted by molar-refractivity contribution is 7.52. The molecular formula is C11H26NO3P. The van der Waals surface area contributed by atoms with E-state index < -0.39 is 7.60 Å². The number of nitrogens with one attached hydrogen (secondary N) is 1. The normalized spacial score (nSPS) is 14.9. The Labute approximate surface area is 99.3 Å². The molecule has 0 aromatic rings. The Balaban J connectivity index is 3.13. The van der Waals surface area contributed by atoms with Crippen LogP contribution in [-0.2, 0) is 9.09 Å². The Bertz CT molecular complexity index is 200. The summed E-state index contributed by atoms with van der Waals surface area (Å²) in [5.74, 6) is 0. The van der Waals surface area contributed by atoms with Gasteiger partial charge < -0.3 is 14.7 Å². The number of unbranched alkanes of at least 4 members (excludes halogenated alkanes) is 4. The first-order chi connectivity index (χ1) is 7.62. The van der Waals surface area contributed by atoms with Gasteiger partial charge in [-0.3, -0.25) is 4.57 Å². The Morgan fingerprint density at radius 3 is 2.38 bits per heavy atom. The monoisotopic (exact) mass is 251 g/mol. The molecule has 0 amide bonds. The van der Waals surface area contributed by atoms with Crippen molar-refractivity contribution in [1.29, 1.82) is 0 Å². The zero-order valence-corrected chi connectivity index (χ0v) is 11.5. The van der Waals surface area contributed by atoms with Gasteiger partial charge in [0.2, 0.25) is 0 Å². The summed E-state index contributed by atoms with van der Waals surface area (Å²) in [4.78, 5) is 9.13. The third-order valence-corrected chi connectivity index (χ3v) is 3.99. The van der Waals surface area contributed by atoms with Crippen LogP contribution in [0.3, 0.4) is 0 Å². The Morgan fingerprint density at radius 2 is 1.75 bits per heavy atom. The van der Waals surface area contributed by atoms with Crippen molar-refractivity contribution in [3.63, 3.8) is 0 Å². The van der Waals surface area contributed by atoms with Crippen molar-refractivity contribution >= 4 is 7.60 Å². The van der Waals surface area contributed by atoms with Gasteiger partial charge in [-0.05, 0) is 25.9 Å². The first-order valence-electron chi connectivity index (χ1n) is 6.20. The van der Waals surface area contributed by atoms with Gasteiger partial charge in [0.1, 0.15) is 0 Å². The van der Waals surface area contributed by atoms with E-state index in [4.69, 9.17) is 4.89 Å². The molecule has 0 aromatic heterocycles. The van der Waals surface area contributed by atoms with E-state index >= 15 is 0 Å². The summed E-state index contributed by atoms with van der Waals surface area (Å²) in [5.41, 5.74) is 0. The molecule has 5 heteroatoms. The zero-order chi connectivity index (χ0) is 12.3. The van der Waals surface area contributed by atoms with Crippen molar-refractivity contribution in [1.82, 2.24) is 5.32 Å². The molecule has 0 fully saturated rings. The van der Waals surface area contributed by atoms with Crippen molar-refractivity contribution in [3.05, 3.63) is 0 Å². The summed E-state index contributed by atoms with van der Waals surface area (Å²) < 4.78 is 15.6. The summed E-state index contributed by atoms with van der Waals surface area (Å²) in [6.45, 7) is 4.01. The van der Waals surface area contributed by atoms with Crippen LogP contribution in [0.25, 0.3) is 0 Å². The lowest BCUT2D eigenvalue weighted by Gasteiger charge is -2.08. The van der Waals surface area contributed by atoms with Gasteiger partial charge in [-0.1, -0.05) is 32.6 Å². The molecule has 0 aliphatic rings. The highest BCUT2D eigenvalue weighted by atomic mass is 31.2. The quantitative estimate of drug-likeness (QED) is 0.438. The summed E-state index contributed by atoms with van der Waals surface area (Å²) in [5, 5.41) is 3.27. The van der Waals surface area contributed by atoms with Crippen LogP contribution in [-0.4, -0.2) is 31.3 Å². The molecule has 0 heterocycles. The second-order valence-corrected chi connectivity index (χ2v) is 6.15. The molecule has 0 aliphatic carbocycles. The minimum atomic E-state index is -3.28. The van der Waals surface area contributed by atoms with Crippen LogP contribution in [0.5, 0.6) is 0 Å². The number of hydrogen-bond acceptors (Lipinski definition) is 3. The first-order valence-corrected chi connectivity index (χ1v) is 7.97. The Kier molecular flexibility index (Phi) is 10.3. The summed E-state index contributed by atoms with van der Waals surface area (Å²) >= 11 is 0. The molecule has 0 spiro atoms. The van der Waals surface area contributed by atoms with E-state index in [0.717, 1.165) is 13.1 Å². The Hall–Kier alpha value is 0.110. The van der Waals surface area contributed by atoms with E-state index in [0.29, 0.717) is 6.42 Å². The molecule has 0 radical (unpaired) electrons. The van der Waals surface area contributed by atoms with Gasteiger partial charge in [0.05, 0.1) is 6.16 Å². The van der Waals surface area contributed by atoms with Crippen LogP contribution in [0.15, 0.2) is 0 Å². The number of hydrogen-bond donors (Lipinski definition) is 2. The summed E-state index contributed by atoms with van der Waals surface area (Å²) in [6.07, 6.45) is 7.31. The van der Waals surface area contributed by atoms with Crippen molar-refractivity contribution < 1.29 is 14.0 Å². The summed E-state index contributed by atoms with van der Waals surface area (Å²) in [7, 11) is -2.00. The molecule has 1 unspecified atom stereocenters. The van der Waals surface area contributed by atoms with E-state index in [-0.39, 0.29) is 6.16 Å². The molecule has 1 atom stereocenters. The molecule has 0 saturated heterocycles. The fraction of sp³-hybridized carbons (Fsp3) is 1.00. The smallest absolute Gasteiger partial charge is 0.324 e. The maximum atomic E-state index is 11.1. The minimum Gasteiger partial charge on any atom is -0.324 e. The lowest BCUT2D eigenvalue weighted by atomic mass is 10.1. The van der Waals surface area contributed by atoms with E-state index in [1.54, 1.807) is 0 Å². The predicted molar refractivity (Wildman–Crippen MR) is 67.9 cm³/mol. The van der Waals surface area contributed by atoms with Crippen molar-refractivity contribution in [2.24, 2.45) is 0 Å². The lowest BCUT2D eigenvalue weighted by Crippen LogP contribution is -2.17. The third kappa shape index (κ3) is 10.6. The number of rotatable bonds is 11. The highest BCUT2D eigenvalue weighted by Gasteiger charge is 2.15. The topological polar surface area (TPSA) is 58.6 Å². The molecule has 0 aliphatic heterocycles. The molecule has 0 saturated carbocycles. The SMILES string of the molecule is CCCCCCCNCCCP(=O)(O)OC. The van der Waals surface area contributed by atoms with Crippen LogP contribution < -0.4 is 5.32 Å². The van der Waals surface area contributed by atoms with Crippen LogP contribution in [0.4, 0.5) is 0 Å². The van der Waals surface area contributed by atoms with Crippen LogP contribution in [0.2, 0.25) is 0 Å². The van der Waals surface area contributed by atoms with Gasteiger partial charge in [-0.25, -0.2) is 0 Å². The fourth-order valence-electron chi connectivity index (χ4n) is 1.47. The summed E-state index contributed by atoms with van der Waals surface area (Å²) in [6, 6.07) is 0. The maximum Gasteiger partial charge on any atom is 0.327 e. The van der Waals surface area contributed by atoms with Crippen molar-refractivity contribution in [2.45, 2.75) is 45.4 Å². The highest BCUT2D eigenvalue weighted by Crippen LogP contribution is 2.40. The van der Waals surface area contributed by atoms with E-state index in [9.17, 15) is 4.57 Å². The lowest BCUT2D eigenvalue weighted by molar-refractivity contribution is 0.314. The molecule has 2 N–H and O–H groups in total. The van der Waals surface area contributed by atoms with Crippen molar-refractivity contribution in [3.8, 4) is 0 Å². The maximum absolute atomic E-state index is 11.1. The van der Waals surface area contributed by atoms with E-state index in [1.165, 1.54) is 39.2 Å². The fourth-order valence-corrected chi connectivity index (χ4v) is 2.21. The molecule has 98 valence electrons. The zero-order valence-electron chi connectivity index (χ0n) is 10.6. The van der Waals surface area contributed by atoms with Crippen LogP contribution in [0, 0.1) is 0 Å². The van der Waals surface area contributed by atoms with Gasteiger partial charge in [0, 0.05) is 7.11 Å². The Morgan fingerprint density at radius 1 is 1.12 bits per heavy atom. The molecule has 4 nitrogen and oxygen atoms in total. The first kappa shape index (κ1) is 16.1. The van der Waals surface area contributed by atoms with Gasteiger partial charge in [0.15, 0.2) is 0 Å². The molecular weight excluding hydrogens is 225 g/mol. The van der Waals surface area contributed by atoms with Crippen molar-refractivity contribution in [2.75, 3.05) is 26.4 Å².